The first-order valence-electron chi connectivity index (χ1n) is 3.57. The molecule has 0 aromatic heterocycles. The van der Waals surface area contributed by atoms with Gasteiger partial charge in [0.05, 0.1) is 11.1 Å². The second-order valence-corrected chi connectivity index (χ2v) is 3.25. The predicted molar refractivity (Wildman–Crippen MR) is 47.5 cm³/mol. The lowest BCUT2D eigenvalue weighted by Crippen LogP contribution is -2.41. The first-order valence-corrected chi connectivity index (χ1v) is 3.98. The second-order valence-electron chi connectivity index (χ2n) is 2.81. The Balaban J connectivity index is 2.81. The van der Waals surface area contributed by atoms with Crippen LogP contribution in [0.5, 0.6) is 0 Å². The van der Waals surface area contributed by atoms with Gasteiger partial charge in [-0.1, -0.05) is 12.2 Å². The topological polar surface area (TPSA) is 86.7 Å². The zero-order chi connectivity index (χ0) is 9.30. The van der Waals surface area contributed by atoms with Crippen LogP contribution in [0.1, 0.15) is 6.42 Å². The van der Waals surface area contributed by atoms with Gasteiger partial charge in [-0.15, -0.1) is 0 Å². The van der Waals surface area contributed by atoms with Crippen LogP contribution in [0.15, 0.2) is 11.6 Å². The summed E-state index contributed by atoms with van der Waals surface area (Å²) in [6.07, 6.45) is -1.62. The molecule has 3 atom stereocenters. The number of nitrogens with two attached hydrogens (primary N) is 1. The van der Waals surface area contributed by atoms with Gasteiger partial charge in [0.2, 0.25) is 0 Å². The van der Waals surface area contributed by atoms with Crippen molar-refractivity contribution in [3.8, 4) is 0 Å². The van der Waals surface area contributed by atoms with Crippen LogP contribution in [0.2, 0.25) is 0 Å². The molecule has 0 saturated carbocycles. The second kappa shape index (κ2) is 3.49. The van der Waals surface area contributed by atoms with E-state index in [1.165, 1.54) is 6.08 Å². The van der Waals surface area contributed by atoms with Gasteiger partial charge in [0.25, 0.3) is 0 Å². The Morgan fingerprint density at radius 2 is 2.08 bits per heavy atom. The molecule has 68 valence electrons. The molecule has 0 fully saturated rings. The summed E-state index contributed by atoms with van der Waals surface area (Å²) in [7, 11) is 0. The summed E-state index contributed by atoms with van der Waals surface area (Å²) in [5, 5.41) is 27.5. The smallest absolute Gasteiger partial charge is 0.110 e. The number of aliphatic hydroxyl groups excluding tert-OH is 3. The van der Waals surface area contributed by atoms with Crippen LogP contribution in [0.3, 0.4) is 0 Å². The van der Waals surface area contributed by atoms with E-state index in [-0.39, 0.29) is 11.4 Å². The highest BCUT2D eigenvalue weighted by molar-refractivity contribution is 7.80. The van der Waals surface area contributed by atoms with E-state index in [1.807, 2.05) is 0 Å². The Labute approximate surface area is 75.3 Å². The maximum Gasteiger partial charge on any atom is 0.110 e. The van der Waals surface area contributed by atoms with Crippen LogP contribution >= 0.6 is 12.2 Å². The summed E-state index contributed by atoms with van der Waals surface area (Å²) in [6, 6.07) is 0. The van der Waals surface area contributed by atoms with Gasteiger partial charge in [0.1, 0.15) is 12.2 Å². The van der Waals surface area contributed by atoms with Crippen molar-refractivity contribution >= 4 is 17.2 Å². The fourth-order valence-electron chi connectivity index (χ4n) is 1.13. The van der Waals surface area contributed by atoms with Crippen molar-refractivity contribution < 1.29 is 15.3 Å². The fraction of sp³-hybridized carbons (Fsp3) is 0.571. The Bertz CT molecular complexity index is 229. The number of thiocarbonyl (C=S) groups is 1. The van der Waals surface area contributed by atoms with Gasteiger partial charge < -0.3 is 21.1 Å². The molecule has 0 amide bonds. The molecule has 5 heteroatoms. The van der Waals surface area contributed by atoms with E-state index >= 15 is 0 Å². The van der Waals surface area contributed by atoms with Gasteiger partial charge in [-0.2, -0.15) is 0 Å². The number of hydrogen-bond donors (Lipinski definition) is 4. The van der Waals surface area contributed by atoms with E-state index in [4.69, 9.17) is 15.9 Å². The highest BCUT2D eigenvalue weighted by Gasteiger charge is 2.29. The minimum absolute atomic E-state index is 0.153. The van der Waals surface area contributed by atoms with Crippen LogP contribution in [-0.4, -0.2) is 38.6 Å². The maximum absolute atomic E-state index is 9.20. The van der Waals surface area contributed by atoms with Gasteiger partial charge in [0, 0.05) is 6.42 Å². The molecule has 0 saturated heterocycles. The van der Waals surface area contributed by atoms with Gasteiger partial charge >= 0.3 is 0 Å². The molecule has 12 heavy (non-hydrogen) atoms. The molecule has 5 N–H and O–H groups in total. The number of rotatable bonds is 1. The molecular formula is C7H11NO3S. The van der Waals surface area contributed by atoms with Crippen LogP contribution in [-0.2, 0) is 0 Å². The zero-order valence-electron chi connectivity index (χ0n) is 6.34. The average molecular weight is 189 g/mol. The third kappa shape index (κ3) is 1.81. The first kappa shape index (κ1) is 9.60. The van der Waals surface area contributed by atoms with Crippen molar-refractivity contribution in [2.75, 3.05) is 0 Å². The fourth-order valence-corrected chi connectivity index (χ4v) is 1.28. The van der Waals surface area contributed by atoms with Crippen molar-refractivity contribution in [3.63, 3.8) is 0 Å². The van der Waals surface area contributed by atoms with Gasteiger partial charge in [-0.3, -0.25) is 0 Å². The van der Waals surface area contributed by atoms with Gasteiger partial charge in [0.15, 0.2) is 0 Å². The molecule has 0 unspecified atom stereocenters. The summed E-state index contributed by atoms with van der Waals surface area (Å²) in [4.78, 5) is 0.153. The molecular weight excluding hydrogens is 178 g/mol. The van der Waals surface area contributed by atoms with Gasteiger partial charge in [-0.25, -0.2) is 0 Å². The third-order valence-corrected chi connectivity index (χ3v) is 2.12. The van der Waals surface area contributed by atoms with Crippen molar-refractivity contribution in [1.82, 2.24) is 0 Å². The molecule has 1 rings (SSSR count). The third-order valence-electron chi connectivity index (χ3n) is 1.86. The van der Waals surface area contributed by atoms with E-state index in [9.17, 15) is 5.11 Å². The molecule has 0 aromatic rings. The Hall–Kier alpha value is -0.490. The summed E-state index contributed by atoms with van der Waals surface area (Å²) in [5.74, 6) is 0. The van der Waals surface area contributed by atoms with E-state index in [0.717, 1.165) is 0 Å². The van der Waals surface area contributed by atoms with Crippen LogP contribution < -0.4 is 5.73 Å². The van der Waals surface area contributed by atoms with Crippen LogP contribution in [0.4, 0.5) is 0 Å². The first-order chi connectivity index (χ1) is 5.52. The molecule has 1 aliphatic carbocycles. The lowest BCUT2D eigenvalue weighted by molar-refractivity contribution is -0.0464. The SMILES string of the molecule is NC(=S)C1=C[C@@H](O)[C@@H](O)[C@H](O)C1. The van der Waals surface area contributed by atoms with Crippen molar-refractivity contribution in [1.29, 1.82) is 0 Å². The standard InChI is InChI=1S/C7H11NO3S/c8-7(12)3-1-4(9)6(11)5(10)2-3/h1,4-6,9-11H,2H2,(H2,8,12)/t4-,5-,6-/m1/s1. The quantitative estimate of drug-likeness (QED) is 0.385. The molecule has 4 nitrogen and oxygen atoms in total. The summed E-state index contributed by atoms with van der Waals surface area (Å²) in [6.45, 7) is 0. The molecule has 0 bridgehead atoms. The van der Waals surface area contributed by atoms with Crippen molar-refractivity contribution in [2.24, 2.45) is 5.73 Å². The molecule has 0 aliphatic heterocycles. The van der Waals surface area contributed by atoms with Crippen molar-refractivity contribution in [2.45, 2.75) is 24.7 Å². The lowest BCUT2D eigenvalue weighted by atomic mass is 9.92. The summed E-state index contributed by atoms with van der Waals surface area (Å²) >= 11 is 4.67. The van der Waals surface area contributed by atoms with E-state index in [2.05, 4.69) is 12.2 Å². The highest BCUT2D eigenvalue weighted by atomic mass is 32.1. The Kier molecular flexibility index (Phi) is 2.79. The van der Waals surface area contributed by atoms with E-state index in [1.54, 1.807) is 0 Å². The molecule has 0 radical (unpaired) electrons. The number of hydrogen-bond acceptors (Lipinski definition) is 4. The molecule has 0 spiro atoms. The lowest BCUT2D eigenvalue weighted by Gasteiger charge is -2.27. The van der Waals surface area contributed by atoms with Crippen LogP contribution in [0, 0.1) is 0 Å². The average Bonchev–Trinajstić information content (AvgIpc) is 1.99. The largest absolute Gasteiger partial charge is 0.390 e. The molecule has 0 heterocycles. The van der Waals surface area contributed by atoms with E-state index < -0.39 is 18.3 Å². The minimum atomic E-state index is -1.14. The van der Waals surface area contributed by atoms with Crippen molar-refractivity contribution in [3.05, 3.63) is 11.6 Å². The highest BCUT2D eigenvalue weighted by Crippen LogP contribution is 2.19. The van der Waals surface area contributed by atoms with Crippen LogP contribution in [0.25, 0.3) is 0 Å². The Morgan fingerprint density at radius 3 is 2.50 bits per heavy atom. The Morgan fingerprint density at radius 1 is 1.50 bits per heavy atom. The minimum Gasteiger partial charge on any atom is -0.390 e. The van der Waals surface area contributed by atoms with E-state index in [0.29, 0.717) is 5.57 Å². The normalized spacial score (nSPS) is 35.9. The summed E-state index contributed by atoms with van der Waals surface area (Å²) in [5.41, 5.74) is 5.82. The zero-order valence-corrected chi connectivity index (χ0v) is 7.16. The maximum atomic E-state index is 9.20. The van der Waals surface area contributed by atoms with Gasteiger partial charge in [-0.05, 0) is 11.6 Å². The monoisotopic (exact) mass is 189 g/mol. The number of aliphatic hydroxyl groups is 3. The molecule has 1 aliphatic rings. The molecule has 0 aromatic carbocycles. The predicted octanol–water partition coefficient (Wildman–Crippen LogP) is -1.31. The summed E-state index contributed by atoms with van der Waals surface area (Å²) < 4.78 is 0.